The Balaban J connectivity index is 2.41. The van der Waals surface area contributed by atoms with Crippen LogP contribution in [0.25, 0.3) is 0 Å². The van der Waals surface area contributed by atoms with E-state index in [0.29, 0.717) is 12.1 Å². The summed E-state index contributed by atoms with van der Waals surface area (Å²) in [7, 11) is 2.60. The van der Waals surface area contributed by atoms with E-state index in [1.807, 2.05) is 30.3 Å². The first-order chi connectivity index (χ1) is 9.52. The standard InChI is InChI=1S/C15H17NO4/c1-15(14(18)20-3)11(13(17)19-2)9-12(16-15)10-7-5-4-6-8-10/h4-8,11H,9H2,1-3H3/t11-,15+/m1/s1. The summed E-state index contributed by atoms with van der Waals surface area (Å²) in [6.45, 7) is 1.61. The molecule has 1 aromatic rings. The number of carbonyl (C=O) groups excluding carboxylic acids is 2. The maximum atomic E-state index is 12.0. The van der Waals surface area contributed by atoms with Gasteiger partial charge >= 0.3 is 11.9 Å². The van der Waals surface area contributed by atoms with Gasteiger partial charge in [0.2, 0.25) is 0 Å². The molecule has 1 aromatic carbocycles. The average molecular weight is 275 g/mol. The molecule has 1 aliphatic heterocycles. The number of methoxy groups -OCH3 is 2. The Morgan fingerprint density at radius 2 is 1.85 bits per heavy atom. The van der Waals surface area contributed by atoms with Gasteiger partial charge in [-0.1, -0.05) is 30.3 Å². The molecule has 0 N–H and O–H groups in total. The minimum atomic E-state index is -1.23. The Morgan fingerprint density at radius 3 is 2.40 bits per heavy atom. The van der Waals surface area contributed by atoms with Crippen LogP contribution in [0.15, 0.2) is 35.3 Å². The maximum Gasteiger partial charge on any atom is 0.334 e. The molecule has 0 fully saturated rings. The van der Waals surface area contributed by atoms with Crippen molar-refractivity contribution in [3.8, 4) is 0 Å². The van der Waals surface area contributed by atoms with Crippen LogP contribution in [0.3, 0.4) is 0 Å². The van der Waals surface area contributed by atoms with Crippen molar-refractivity contribution in [2.24, 2.45) is 10.9 Å². The van der Waals surface area contributed by atoms with Gasteiger partial charge in [-0.3, -0.25) is 9.79 Å². The molecule has 0 saturated carbocycles. The summed E-state index contributed by atoms with van der Waals surface area (Å²) in [5.41, 5.74) is 0.385. The van der Waals surface area contributed by atoms with Crippen molar-refractivity contribution in [3.63, 3.8) is 0 Å². The van der Waals surface area contributed by atoms with Gasteiger partial charge in [-0.25, -0.2) is 4.79 Å². The zero-order valence-electron chi connectivity index (χ0n) is 11.8. The zero-order valence-corrected chi connectivity index (χ0v) is 11.8. The Hall–Kier alpha value is -2.17. The van der Waals surface area contributed by atoms with E-state index in [4.69, 9.17) is 9.47 Å². The lowest BCUT2D eigenvalue weighted by atomic mass is 9.85. The molecule has 106 valence electrons. The molecule has 0 unspecified atom stereocenters. The molecule has 1 aliphatic rings. The molecule has 5 nitrogen and oxygen atoms in total. The Kier molecular flexibility index (Phi) is 3.88. The van der Waals surface area contributed by atoms with Crippen LogP contribution in [0.5, 0.6) is 0 Å². The van der Waals surface area contributed by atoms with E-state index in [-0.39, 0.29) is 0 Å². The van der Waals surface area contributed by atoms with Crippen molar-refractivity contribution < 1.29 is 19.1 Å². The summed E-state index contributed by atoms with van der Waals surface area (Å²) in [5.74, 6) is -1.64. The highest BCUT2D eigenvalue weighted by Gasteiger charge is 2.51. The fraction of sp³-hybridized carbons (Fsp3) is 0.400. The average Bonchev–Trinajstić information content (AvgIpc) is 2.85. The van der Waals surface area contributed by atoms with Gasteiger partial charge in [0.15, 0.2) is 5.54 Å². The SMILES string of the molecule is COC(=O)[C@H]1CC(c2ccccc2)=N[C@]1(C)C(=O)OC. The molecule has 0 bridgehead atoms. The zero-order chi connectivity index (χ0) is 14.8. The van der Waals surface area contributed by atoms with Crippen molar-refractivity contribution in [2.45, 2.75) is 18.9 Å². The third-order valence-electron chi connectivity index (χ3n) is 3.63. The Labute approximate surface area is 117 Å². The lowest BCUT2D eigenvalue weighted by Crippen LogP contribution is -2.43. The van der Waals surface area contributed by atoms with E-state index < -0.39 is 23.4 Å². The van der Waals surface area contributed by atoms with Crippen molar-refractivity contribution in [1.29, 1.82) is 0 Å². The highest BCUT2D eigenvalue weighted by Crippen LogP contribution is 2.36. The molecule has 1 heterocycles. The van der Waals surface area contributed by atoms with Crippen LogP contribution in [0.2, 0.25) is 0 Å². The van der Waals surface area contributed by atoms with Gasteiger partial charge in [0.05, 0.1) is 20.1 Å². The van der Waals surface area contributed by atoms with Crippen molar-refractivity contribution >= 4 is 17.7 Å². The van der Waals surface area contributed by atoms with E-state index in [2.05, 4.69) is 4.99 Å². The van der Waals surface area contributed by atoms with E-state index >= 15 is 0 Å². The highest BCUT2D eigenvalue weighted by atomic mass is 16.5. The van der Waals surface area contributed by atoms with Gasteiger partial charge in [0.25, 0.3) is 0 Å². The first-order valence-corrected chi connectivity index (χ1v) is 6.33. The largest absolute Gasteiger partial charge is 0.469 e. The number of aliphatic imine (C=N–C) groups is 1. The number of esters is 2. The number of rotatable bonds is 3. The highest BCUT2D eigenvalue weighted by molar-refractivity contribution is 6.08. The maximum absolute atomic E-state index is 12.0. The second-order valence-electron chi connectivity index (χ2n) is 4.84. The first kappa shape index (κ1) is 14.2. The van der Waals surface area contributed by atoms with Crippen LogP contribution in [-0.2, 0) is 19.1 Å². The first-order valence-electron chi connectivity index (χ1n) is 6.33. The molecular formula is C15H17NO4. The number of hydrogen-bond donors (Lipinski definition) is 0. The van der Waals surface area contributed by atoms with Gasteiger partial charge in [0.1, 0.15) is 0 Å². The van der Waals surface area contributed by atoms with Crippen molar-refractivity contribution in [2.75, 3.05) is 14.2 Å². The molecule has 20 heavy (non-hydrogen) atoms. The van der Waals surface area contributed by atoms with Crippen LogP contribution in [0, 0.1) is 5.92 Å². The second kappa shape index (κ2) is 5.45. The van der Waals surface area contributed by atoms with E-state index in [9.17, 15) is 9.59 Å². The van der Waals surface area contributed by atoms with Gasteiger partial charge in [-0.15, -0.1) is 0 Å². The summed E-state index contributed by atoms with van der Waals surface area (Å²) >= 11 is 0. The van der Waals surface area contributed by atoms with Crippen molar-refractivity contribution in [3.05, 3.63) is 35.9 Å². The van der Waals surface area contributed by atoms with Crippen molar-refractivity contribution in [1.82, 2.24) is 0 Å². The lowest BCUT2D eigenvalue weighted by molar-refractivity contribution is -0.157. The molecule has 0 spiro atoms. The molecule has 0 saturated heterocycles. The van der Waals surface area contributed by atoms with Crippen LogP contribution < -0.4 is 0 Å². The van der Waals surface area contributed by atoms with Crippen LogP contribution >= 0.6 is 0 Å². The molecule has 2 atom stereocenters. The summed E-state index contributed by atoms with van der Waals surface area (Å²) in [6.07, 6.45) is 0.363. The van der Waals surface area contributed by atoms with E-state index in [1.54, 1.807) is 6.92 Å². The molecule has 0 aromatic heterocycles. The minimum absolute atomic E-state index is 0.363. The van der Waals surface area contributed by atoms with Crippen LogP contribution in [-0.4, -0.2) is 37.4 Å². The fourth-order valence-corrected chi connectivity index (χ4v) is 2.46. The predicted molar refractivity (Wildman–Crippen MR) is 73.5 cm³/mol. The number of carbonyl (C=O) groups is 2. The molecule has 0 radical (unpaired) electrons. The molecule has 0 aliphatic carbocycles. The number of hydrogen-bond acceptors (Lipinski definition) is 5. The Morgan fingerprint density at radius 1 is 1.20 bits per heavy atom. The smallest absolute Gasteiger partial charge is 0.334 e. The predicted octanol–water partition coefficient (Wildman–Crippen LogP) is 1.60. The molecule has 2 rings (SSSR count). The monoisotopic (exact) mass is 275 g/mol. The Bertz CT molecular complexity index is 552. The quantitative estimate of drug-likeness (QED) is 0.786. The van der Waals surface area contributed by atoms with E-state index in [0.717, 1.165) is 5.56 Å². The van der Waals surface area contributed by atoms with Gasteiger partial charge in [0, 0.05) is 12.1 Å². The fourth-order valence-electron chi connectivity index (χ4n) is 2.46. The van der Waals surface area contributed by atoms with Gasteiger partial charge in [-0.2, -0.15) is 0 Å². The summed E-state index contributed by atoms with van der Waals surface area (Å²) in [4.78, 5) is 28.4. The van der Waals surface area contributed by atoms with Crippen LogP contribution in [0.4, 0.5) is 0 Å². The van der Waals surface area contributed by atoms with Gasteiger partial charge < -0.3 is 9.47 Å². The topological polar surface area (TPSA) is 65.0 Å². The molecular weight excluding hydrogens is 258 g/mol. The van der Waals surface area contributed by atoms with Gasteiger partial charge in [-0.05, 0) is 12.5 Å². The lowest BCUT2D eigenvalue weighted by Gasteiger charge is -2.23. The summed E-state index contributed by atoms with van der Waals surface area (Å²) in [6, 6.07) is 9.47. The second-order valence-corrected chi connectivity index (χ2v) is 4.84. The summed E-state index contributed by atoms with van der Waals surface area (Å²) in [5, 5.41) is 0. The molecule has 5 heteroatoms. The van der Waals surface area contributed by atoms with E-state index in [1.165, 1.54) is 14.2 Å². The normalized spacial score (nSPS) is 24.9. The number of ether oxygens (including phenoxy) is 2. The third kappa shape index (κ3) is 2.31. The number of nitrogens with zero attached hydrogens (tertiary/aromatic N) is 1. The summed E-state index contributed by atoms with van der Waals surface area (Å²) < 4.78 is 9.58. The minimum Gasteiger partial charge on any atom is -0.469 e. The molecule has 0 amide bonds. The number of benzene rings is 1. The third-order valence-corrected chi connectivity index (χ3v) is 3.63. The van der Waals surface area contributed by atoms with Crippen LogP contribution in [0.1, 0.15) is 18.9 Å².